The predicted molar refractivity (Wildman–Crippen MR) is 111 cm³/mol. The van der Waals surface area contributed by atoms with Gasteiger partial charge in [0.25, 0.3) is 0 Å². The van der Waals surface area contributed by atoms with Crippen LogP contribution in [0.2, 0.25) is 0 Å². The first-order chi connectivity index (χ1) is 14.6. The van der Waals surface area contributed by atoms with Gasteiger partial charge in [-0.1, -0.05) is 24.3 Å². The molecule has 3 rings (SSSR count). The Labute approximate surface area is 174 Å². The van der Waals surface area contributed by atoms with Crippen molar-refractivity contribution >= 4 is 12.0 Å². The first-order valence-corrected chi connectivity index (χ1v) is 9.20. The van der Waals surface area contributed by atoms with Crippen molar-refractivity contribution in [1.82, 2.24) is 5.32 Å². The van der Waals surface area contributed by atoms with E-state index in [4.69, 9.17) is 14.7 Å². The van der Waals surface area contributed by atoms with Crippen molar-refractivity contribution in [3.8, 4) is 23.3 Å². The molecule has 0 fully saturated rings. The monoisotopic (exact) mass is 402 g/mol. The molecule has 0 radical (unpaired) electrons. The molecule has 0 saturated heterocycles. The highest BCUT2D eigenvalue weighted by Crippen LogP contribution is 2.21. The Hall–Kier alpha value is -4.11. The van der Waals surface area contributed by atoms with Crippen molar-refractivity contribution in [2.75, 3.05) is 6.61 Å². The lowest BCUT2D eigenvalue weighted by Gasteiger charge is -2.07. The normalized spacial score (nSPS) is 10.4. The number of amides is 1. The van der Waals surface area contributed by atoms with E-state index in [9.17, 15) is 9.18 Å². The number of carbonyl (C=O) groups excluding carboxylic acids is 1. The molecule has 1 amide bonds. The zero-order chi connectivity index (χ0) is 21.2. The second kappa shape index (κ2) is 10.4. The summed E-state index contributed by atoms with van der Waals surface area (Å²) in [5.41, 5.74) is 1.76. The lowest BCUT2D eigenvalue weighted by atomic mass is 10.2. The molecule has 0 atom stereocenters. The Bertz CT molecular complexity index is 1040. The van der Waals surface area contributed by atoms with E-state index in [-0.39, 0.29) is 18.3 Å². The molecule has 0 aromatic heterocycles. The van der Waals surface area contributed by atoms with Gasteiger partial charge in [-0.2, -0.15) is 5.26 Å². The van der Waals surface area contributed by atoms with E-state index >= 15 is 0 Å². The fourth-order valence-corrected chi connectivity index (χ4v) is 2.52. The predicted octanol–water partition coefficient (Wildman–Crippen LogP) is 4.85. The number of nitrogens with zero attached hydrogens (tertiary/aromatic N) is 1. The SMILES string of the molecule is N#CCOc1ccc(/C=C/C(=O)NCc2ccc(Oc3ccc(F)cc3)cc2)cc1. The van der Waals surface area contributed by atoms with Crippen LogP contribution < -0.4 is 14.8 Å². The standard InChI is InChI=1S/C24H19FN2O3/c25-20-6-12-23(13-7-20)30-22-10-3-19(4-11-22)17-27-24(28)14-5-18-1-8-21(9-2-18)29-16-15-26/h1-14H,16-17H2,(H,27,28)/b14-5+. The summed E-state index contributed by atoms with van der Waals surface area (Å²) in [6, 6.07) is 22.1. The van der Waals surface area contributed by atoms with Crippen LogP contribution in [0.5, 0.6) is 17.2 Å². The molecule has 0 saturated carbocycles. The Morgan fingerprint density at radius 3 is 2.17 bits per heavy atom. The second-order valence-corrected chi connectivity index (χ2v) is 6.27. The molecule has 0 heterocycles. The molecule has 0 aliphatic heterocycles. The van der Waals surface area contributed by atoms with Gasteiger partial charge in [0.1, 0.15) is 29.1 Å². The van der Waals surface area contributed by atoms with Crippen LogP contribution in [0.3, 0.4) is 0 Å². The minimum absolute atomic E-state index is 0.00304. The smallest absolute Gasteiger partial charge is 0.244 e. The van der Waals surface area contributed by atoms with Gasteiger partial charge >= 0.3 is 0 Å². The minimum Gasteiger partial charge on any atom is -0.479 e. The van der Waals surface area contributed by atoms with Gasteiger partial charge in [-0.05, 0) is 65.7 Å². The molecule has 0 unspecified atom stereocenters. The lowest BCUT2D eigenvalue weighted by molar-refractivity contribution is -0.116. The average Bonchev–Trinajstić information content (AvgIpc) is 2.78. The summed E-state index contributed by atoms with van der Waals surface area (Å²) in [5.74, 6) is 1.24. The van der Waals surface area contributed by atoms with E-state index < -0.39 is 0 Å². The molecule has 5 nitrogen and oxygen atoms in total. The molecule has 0 aliphatic rings. The van der Waals surface area contributed by atoms with E-state index in [1.807, 2.05) is 18.2 Å². The third-order valence-electron chi connectivity index (χ3n) is 4.05. The van der Waals surface area contributed by atoms with Crippen molar-refractivity contribution in [2.45, 2.75) is 6.54 Å². The molecule has 3 aromatic rings. The minimum atomic E-state index is -0.316. The molecule has 30 heavy (non-hydrogen) atoms. The first-order valence-electron chi connectivity index (χ1n) is 9.20. The van der Waals surface area contributed by atoms with Crippen molar-refractivity contribution in [3.63, 3.8) is 0 Å². The molecule has 0 bridgehead atoms. The number of rotatable bonds is 8. The Morgan fingerprint density at radius 1 is 0.933 bits per heavy atom. The van der Waals surface area contributed by atoms with Gasteiger partial charge in [0.2, 0.25) is 5.91 Å². The quantitative estimate of drug-likeness (QED) is 0.547. The second-order valence-electron chi connectivity index (χ2n) is 6.27. The van der Waals surface area contributed by atoms with Crippen LogP contribution in [0, 0.1) is 17.1 Å². The fraction of sp³-hybridized carbons (Fsp3) is 0.0833. The van der Waals surface area contributed by atoms with Crippen LogP contribution in [0.25, 0.3) is 6.08 Å². The van der Waals surface area contributed by atoms with E-state index in [1.54, 1.807) is 54.6 Å². The van der Waals surface area contributed by atoms with Crippen LogP contribution in [0.4, 0.5) is 4.39 Å². The average molecular weight is 402 g/mol. The van der Waals surface area contributed by atoms with Crippen LogP contribution in [0.15, 0.2) is 78.9 Å². The summed E-state index contributed by atoms with van der Waals surface area (Å²) in [6.45, 7) is 0.373. The molecule has 0 aliphatic carbocycles. The number of carbonyl (C=O) groups is 1. The van der Waals surface area contributed by atoms with Gasteiger partial charge in [0.15, 0.2) is 6.61 Å². The van der Waals surface area contributed by atoms with E-state index in [0.29, 0.717) is 23.8 Å². The van der Waals surface area contributed by atoms with Crippen molar-refractivity contribution in [1.29, 1.82) is 5.26 Å². The number of nitrogens with one attached hydrogen (secondary N) is 1. The first kappa shape index (κ1) is 20.6. The Balaban J connectivity index is 1.46. The number of hydrogen-bond acceptors (Lipinski definition) is 4. The van der Waals surface area contributed by atoms with Crippen LogP contribution in [-0.2, 0) is 11.3 Å². The Kier molecular flexibility index (Phi) is 7.17. The third kappa shape index (κ3) is 6.50. The highest BCUT2D eigenvalue weighted by molar-refractivity contribution is 5.91. The lowest BCUT2D eigenvalue weighted by Crippen LogP contribution is -2.20. The molecule has 6 heteroatoms. The summed E-state index contributed by atoms with van der Waals surface area (Å²) in [6.07, 6.45) is 3.15. The van der Waals surface area contributed by atoms with Gasteiger partial charge in [0, 0.05) is 12.6 Å². The number of hydrogen-bond donors (Lipinski definition) is 1. The maximum absolute atomic E-state index is 12.9. The van der Waals surface area contributed by atoms with Gasteiger partial charge in [-0.3, -0.25) is 4.79 Å². The van der Waals surface area contributed by atoms with Crippen molar-refractivity contribution in [3.05, 3.63) is 95.8 Å². The maximum atomic E-state index is 12.9. The molecule has 3 aromatic carbocycles. The summed E-state index contributed by atoms with van der Waals surface area (Å²) in [7, 11) is 0. The van der Waals surface area contributed by atoms with Crippen LogP contribution >= 0.6 is 0 Å². The Morgan fingerprint density at radius 2 is 1.53 bits per heavy atom. The van der Waals surface area contributed by atoms with E-state index in [1.165, 1.54) is 18.2 Å². The third-order valence-corrected chi connectivity index (χ3v) is 4.05. The largest absolute Gasteiger partial charge is 0.479 e. The summed E-state index contributed by atoms with van der Waals surface area (Å²) in [5, 5.41) is 11.3. The highest BCUT2D eigenvalue weighted by Gasteiger charge is 2.01. The number of benzene rings is 3. The topological polar surface area (TPSA) is 71.3 Å². The summed E-state index contributed by atoms with van der Waals surface area (Å²) < 4.78 is 23.7. The van der Waals surface area contributed by atoms with E-state index in [2.05, 4.69) is 5.32 Å². The highest BCUT2D eigenvalue weighted by atomic mass is 19.1. The molecule has 1 N–H and O–H groups in total. The number of halogens is 1. The zero-order valence-corrected chi connectivity index (χ0v) is 16.0. The number of nitriles is 1. The summed E-state index contributed by atoms with van der Waals surface area (Å²) >= 11 is 0. The van der Waals surface area contributed by atoms with Gasteiger partial charge in [-0.15, -0.1) is 0 Å². The summed E-state index contributed by atoms with van der Waals surface area (Å²) in [4.78, 5) is 12.0. The van der Waals surface area contributed by atoms with Crippen molar-refractivity contribution < 1.29 is 18.7 Å². The zero-order valence-electron chi connectivity index (χ0n) is 16.0. The van der Waals surface area contributed by atoms with Gasteiger partial charge in [-0.25, -0.2) is 4.39 Å². The van der Waals surface area contributed by atoms with Crippen molar-refractivity contribution in [2.24, 2.45) is 0 Å². The maximum Gasteiger partial charge on any atom is 0.244 e. The van der Waals surface area contributed by atoms with E-state index in [0.717, 1.165) is 11.1 Å². The molecular weight excluding hydrogens is 383 g/mol. The fourth-order valence-electron chi connectivity index (χ4n) is 2.52. The van der Waals surface area contributed by atoms with Crippen LogP contribution in [-0.4, -0.2) is 12.5 Å². The van der Waals surface area contributed by atoms with Gasteiger partial charge < -0.3 is 14.8 Å². The van der Waals surface area contributed by atoms with Gasteiger partial charge in [0.05, 0.1) is 0 Å². The molecule has 0 spiro atoms. The van der Waals surface area contributed by atoms with Crippen LogP contribution in [0.1, 0.15) is 11.1 Å². The molecule has 150 valence electrons. The molecular formula is C24H19FN2O3. The number of ether oxygens (including phenoxy) is 2.